The van der Waals surface area contributed by atoms with Crippen molar-refractivity contribution in [3.8, 4) is 0 Å². The van der Waals surface area contributed by atoms with Crippen molar-refractivity contribution < 1.29 is 0 Å². The fraction of sp³-hybridized carbons (Fsp3) is 0.800. The maximum absolute atomic E-state index is 4.12. The quantitative estimate of drug-likeness (QED) is 0.447. The number of fused-ring (bicyclic) bond motifs is 1. The minimum atomic E-state index is 0.717. The van der Waals surface area contributed by atoms with Crippen LogP contribution >= 0.6 is 0 Å². The topological polar surface area (TPSA) is 0 Å². The first-order valence-electron chi connectivity index (χ1n) is 4.49. The van der Waals surface area contributed by atoms with Crippen LogP contribution in [0, 0.1) is 17.3 Å². The van der Waals surface area contributed by atoms with Gasteiger partial charge in [0.25, 0.3) is 0 Å². The Morgan fingerprint density at radius 2 is 2.10 bits per heavy atom. The Morgan fingerprint density at radius 1 is 1.40 bits per heavy atom. The van der Waals surface area contributed by atoms with E-state index in [0.29, 0.717) is 0 Å². The van der Waals surface area contributed by atoms with Crippen LogP contribution in [0.25, 0.3) is 0 Å². The van der Waals surface area contributed by atoms with Crippen LogP contribution in [0.3, 0.4) is 0 Å². The molecule has 4 fully saturated rings. The summed E-state index contributed by atoms with van der Waals surface area (Å²) >= 11 is 0. The van der Waals surface area contributed by atoms with E-state index in [-0.39, 0.29) is 0 Å². The smallest absolute Gasteiger partial charge is 0.00247 e. The van der Waals surface area contributed by atoms with Crippen LogP contribution in [0.15, 0.2) is 12.2 Å². The van der Waals surface area contributed by atoms with Crippen molar-refractivity contribution in [3.05, 3.63) is 12.2 Å². The summed E-state index contributed by atoms with van der Waals surface area (Å²) in [5.41, 5.74) is 2.30. The minimum absolute atomic E-state index is 0.717. The van der Waals surface area contributed by atoms with Gasteiger partial charge in [-0.2, -0.15) is 0 Å². The Bertz CT molecular complexity index is 195. The molecule has 0 aromatic carbocycles. The molecule has 0 heterocycles. The van der Waals surface area contributed by atoms with Gasteiger partial charge in [-0.15, -0.1) is 0 Å². The Balaban J connectivity index is 1.92. The molecule has 2 bridgehead atoms. The Kier molecular flexibility index (Phi) is 0.725. The van der Waals surface area contributed by atoms with Gasteiger partial charge in [0.05, 0.1) is 0 Å². The average Bonchev–Trinajstić information content (AvgIpc) is 2.40. The van der Waals surface area contributed by atoms with Crippen LogP contribution in [0.4, 0.5) is 0 Å². The minimum Gasteiger partial charge on any atom is -0.0992 e. The Hall–Kier alpha value is -0.260. The Morgan fingerprint density at radius 3 is 2.40 bits per heavy atom. The molecule has 0 aromatic heterocycles. The monoisotopic (exact) mass is 134 g/mol. The summed E-state index contributed by atoms with van der Waals surface area (Å²) in [6.45, 7) is 4.12. The zero-order chi connectivity index (χ0) is 6.77. The van der Waals surface area contributed by atoms with Crippen LogP contribution in [-0.4, -0.2) is 0 Å². The molecule has 4 aliphatic carbocycles. The van der Waals surface area contributed by atoms with Crippen LogP contribution in [0.2, 0.25) is 0 Å². The van der Waals surface area contributed by atoms with Gasteiger partial charge in [0.15, 0.2) is 0 Å². The molecule has 0 radical (unpaired) electrons. The molecule has 0 aliphatic heterocycles. The Labute approximate surface area is 62.3 Å². The molecular formula is C10H14. The van der Waals surface area contributed by atoms with Crippen molar-refractivity contribution in [2.24, 2.45) is 17.3 Å². The van der Waals surface area contributed by atoms with Crippen LogP contribution < -0.4 is 0 Å². The first kappa shape index (κ1) is 5.40. The third-order valence-electron chi connectivity index (χ3n) is 4.12. The number of rotatable bonds is 0. The van der Waals surface area contributed by atoms with E-state index in [0.717, 1.165) is 17.3 Å². The molecule has 4 saturated carbocycles. The highest BCUT2D eigenvalue weighted by Gasteiger charge is 2.59. The van der Waals surface area contributed by atoms with Crippen LogP contribution in [-0.2, 0) is 0 Å². The van der Waals surface area contributed by atoms with Crippen molar-refractivity contribution in [2.45, 2.75) is 32.1 Å². The van der Waals surface area contributed by atoms with Gasteiger partial charge in [-0.05, 0) is 49.4 Å². The average molecular weight is 134 g/mol. The molecule has 0 saturated heterocycles. The van der Waals surface area contributed by atoms with E-state index in [1.165, 1.54) is 19.3 Å². The maximum Gasteiger partial charge on any atom is -0.00247 e. The molecule has 10 heavy (non-hydrogen) atoms. The molecule has 54 valence electrons. The standard InChI is InChI=1S/C10H14/c1-7-6-10(7)3-2-8-4-9(10)5-8/h8-9H,1-6H2. The highest BCUT2D eigenvalue weighted by molar-refractivity contribution is 5.33. The summed E-state index contributed by atoms with van der Waals surface area (Å²) in [5.74, 6) is 2.21. The van der Waals surface area contributed by atoms with Crippen molar-refractivity contribution in [2.75, 3.05) is 0 Å². The van der Waals surface area contributed by atoms with Gasteiger partial charge >= 0.3 is 0 Å². The molecule has 1 spiro atoms. The van der Waals surface area contributed by atoms with Gasteiger partial charge in [0.2, 0.25) is 0 Å². The van der Waals surface area contributed by atoms with E-state index in [1.807, 2.05) is 0 Å². The van der Waals surface area contributed by atoms with Crippen LogP contribution in [0.1, 0.15) is 32.1 Å². The van der Waals surface area contributed by atoms with Crippen molar-refractivity contribution in [1.29, 1.82) is 0 Å². The van der Waals surface area contributed by atoms with Gasteiger partial charge in [-0.3, -0.25) is 0 Å². The normalized spacial score (nSPS) is 56.6. The largest absolute Gasteiger partial charge is 0.0992 e. The predicted octanol–water partition coefficient (Wildman–Crippen LogP) is 2.75. The molecule has 1 unspecified atom stereocenters. The second-order valence-corrected chi connectivity index (χ2v) is 4.51. The van der Waals surface area contributed by atoms with Crippen molar-refractivity contribution >= 4 is 0 Å². The van der Waals surface area contributed by atoms with Gasteiger partial charge in [0, 0.05) is 0 Å². The zero-order valence-corrected chi connectivity index (χ0v) is 6.40. The summed E-state index contributed by atoms with van der Waals surface area (Å²) in [6, 6.07) is 0. The lowest BCUT2D eigenvalue weighted by Gasteiger charge is -2.47. The van der Waals surface area contributed by atoms with E-state index < -0.39 is 0 Å². The second kappa shape index (κ2) is 1.34. The molecule has 0 aromatic rings. The summed E-state index contributed by atoms with van der Waals surface area (Å²) in [6.07, 6.45) is 7.46. The van der Waals surface area contributed by atoms with Crippen LogP contribution in [0.5, 0.6) is 0 Å². The van der Waals surface area contributed by atoms with E-state index in [4.69, 9.17) is 0 Å². The van der Waals surface area contributed by atoms with Gasteiger partial charge in [-0.1, -0.05) is 12.2 Å². The lowest BCUT2D eigenvalue weighted by Crippen LogP contribution is -2.37. The number of hydrogen-bond acceptors (Lipinski definition) is 0. The fourth-order valence-corrected chi connectivity index (χ4v) is 3.12. The van der Waals surface area contributed by atoms with E-state index >= 15 is 0 Å². The summed E-state index contributed by atoms with van der Waals surface area (Å²) in [5, 5.41) is 0. The summed E-state index contributed by atoms with van der Waals surface area (Å²) in [7, 11) is 0. The molecule has 0 N–H and O–H groups in total. The summed E-state index contributed by atoms with van der Waals surface area (Å²) in [4.78, 5) is 0. The number of allylic oxidation sites excluding steroid dienone is 1. The molecule has 4 rings (SSSR count). The third-order valence-corrected chi connectivity index (χ3v) is 4.12. The summed E-state index contributed by atoms with van der Waals surface area (Å²) < 4.78 is 0. The molecule has 4 aliphatic rings. The second-order valence-electron chi connectivity index (χ2n) is 4.51. The van der Waals surface area contributed by atoms with Crippen molar-refractivity contribution in [1.82, 2.24) is 0 Å². The molecule has 0 heteroatoms. The van der Waals surface area contributed by atoms with Crippen molar-refractivity contribution in [3.63, 3.8) is 0 Å². The van der Waals surface area contributed by atoms with E-state index in [9.17, 15) is 0 Å². The third kappa shape index (κ3) is 0.426. The first-order valence-corrected chi connectivity index (χ1v) is 4.49. The fourth-order valence-electron chi connectivity index (χ4n) is 3.12. The maximum atomic E-state index is 4.12. The zero-order valence-electron chi connectivity index (χ0n) is 6.40. The van der Waals surface area contributed by atoms with Gasteiger partial charge in [0.1, 0.15) is 0 Å². The molecule has 0 nitrogen and oxygen atoms in total. The molecule has 1 atom stereocenters. The number of hydrogen-bond donors (Lipinski definition) is 0. The first-order chi connectivity index (χ1) is 4.81. The lowest BCUT2D eigenvalue weighted by atomic mass is 9.58. The predicted molar refractivity (Wildman–Crippen MR) is 41.6 cm³/mol. The van der Waals surface area contributed by atoms with Gasteiger partial charge < -0.3 is 0 Å². The lowest BCUT2D eigenvalue weighted by molar-refractivity contribution is 0.0417. The SMILES string of the molecule is C=C1CC12CCC1CC2C1. The highest BCUT2D eigenvalue weighted by Crippen LogP contribution is 2.70. The molecular weight excluding hydrogens is 120 g/mol. The highest BCUT2D eigenvalue weighted by atomic mass is 14.6. The molecule has 0 amide bonds. The van der Waals surface area contributed by atoms with Gasteiger partial charge in [-0.25, -0.2) is 0 Å². The van der Waals surface area contributed by atoms with E-state index in [2.05, 4.69) is 6.58 Å². The van der Waals surface area contributed by atoms with E-state index in [1.54, 1.807) is 18.4 Å².